The largest absolute Gasteiger partial charge is 0.493 e. The number of aliphatic hydroxyl groups is 1. The summed E-state index contributed by atoms with van der Waals surface area (Å²) in [6.45, 7) is 7.53. The fraction of sp³-hybridized carbons (Fsp3) is 0.625. The van der Waals surface area contributed by atoms with Crippen LogP contribution in [-0.4, -0.2) is 31.0 Å². The Morgan fingerprint density at radius 1 is 1.40 bits per heavy atom. The van der Waals surface area contributed by atoms with Gasteiger partial charge in [0.25, 0.3) is 0 Å². The molecule has 1 aromatic rings. The predicted octanol–water partition coefficient (Wildman–Crippen LogP) is 2.87. The molecule has 1 aliphatic rings. The fourth-order valence-electron chi connectivity index (χ4n) is 2.43. The van der Waals surface area contributed by atoms with Crippen LogP contribution >= 0.6 is 0 Å². The summed E-state index contributed by atoms with van der Waals surface area (Å²) in [5.74, 6) is 1.59. The maximum atomic E-state index is 10.3. The van der Waals surface area contributed by atoms with Crippen molar-refractivity contribution in [2.45, 2.75) is 45.8 Å². The number of hydrogen-bond donors (Lipinski definition) is 1. The lowest BCUT2D eigenvalue weighted by atomic mass is 10.0. The molecule has 0 fully saturated rings. The van der Waals surface area contributed by atoms with Crippen molar-refractivity contribution >= 4 is 0 Å². The second-order valence-electron chi connectivity index (χ2n) is 5.15. The summed E-state index contributed by atoms with van der Waals surface area (Å²) >= 11 is 0. The van der Waals surface area contributed by atoms with Crippen molar-refractivity contribution in [2.24, 2.45) is 0 Å². The average Bonchev–Trinajstić information content (AvgIpc) is 2.77. The molecule has 1 N–H and O–H groups in total. The fourth-order valence-corrected chi connectivity index (χ4v) is 2.43. The Balaban J connectivity index is 2.19. The highest BCUT2D eigenvalue weighted by Crippen LogP contribution is 2.37. The normalized spacial score (nSPS) is 18.5. The molecule has 20 heavy (non-hydrogen) atoms. The summed E-state index contributed by atoms with van der Waals surface area (Å²) in [7, 11) is 0. The van der Waals surface area contributed by atoms with E-state index >= 15 is 0 Å². The molecule has 0 aromatic heterocycles. The zero-order chi connectivity index (χ0) is 14.5. The van der Waals surface area contributed by atoms with Crippen molar-refractivity contribution in [1.82, 2.24) is 0 Å². The molecule has 0 spiro atoms. The van der Waals surface area contributed by atoms with Crippen LogP contribution in [0, 0.1) is 0 Å². The molecule has 2 rings (SSSR count). The molecule has 1 aliphatic heterocycles. The molecule has 4 heteroatoms. The Morgan fingerprint density at radius 2 is 2.20 bits per heavy atom. The van der Waals surface area contributed by atoms with Crippen LogP contribution in [-0.2, 0) is 11.2 Å². The molecule has 4 nitrogen and oxygen atoms in total. The van der Waals surface area contributed by atoms with Crippen LogP contribution in [0.3, 0.4) is 0 Å². The van der Waals surface area contributed by atoms with Gasteiger partial charge < -0.3 is 19.3 Å². The lowest BCUT2D eigenvalue weighted by Gasteiger charge is -2.17. The van der Waals surface area contributed by atoms with Gasteiger partial charge in [-0.25, -0.2) is 0 Å². The van der Waals surface area contributed by atoms with Gasteiger partial charge >= 0.3 is 0 Å². The minimum absolute atomic E-state index is 0.184. The maximum absolute atomic E-state index is 10.3. The van der Waals surface area contributed by atoms with Gasteiger partial charge in [-0.3, -0.25) is 0 Å². The molecular weight excluding hydrogens is 256 g/mol. The monoisotopic (exact) mass is 280 g/mol. The number of rotatable bonds is 7. The highest BCUT2D eigenvalue weighted by Gasteiger charge is 2.24. The Bertz CT molecular complexity index is 444. The summed E-state index contributed by atoms with van der Waals surface area (Å²) < 4.78 is 16.8. The number of fused-ring (bicyclic) bond motifs is 1. The number of ether oxygens (including phenoxy) is 3. The summed E-state index contributed by atoms with van der Waals surface area (Å²) in [6, 6.07) is 3.88. The van der Waals surface area contributed by atoms with E-state index in [9.17, 15) is 5.11 Å². The number of hydrogen-bond acceptors (Lipinski definition) is 4. The van der Waals surface area contributed by atoms with Crippen molar-refractivity contribution in [2.75, 3.05) is 19.8 Å². The molecule has 0 radical (unpaired) electrons. The molecule has 1 heterocycles. The van der Waals surface area contributed by atoms with Crippen LogP contribution in [0.15, 0.2) is 12.1 Å². The van der Waals surface area contributed by atoms with Crippen LogP contribution in [0.25, 0.3) is 0 Å². The first kappa shape index (κ1) is 15.1. The third kappa shape index (κ3) is 3.44. The Kier molecular flexibility index (Phi) is 5.26. The van der Waals surface area contributed by atoms with Gasteiger partial charge in [0, 0.05) is 24.2 Å². The van der Waals surface area contributed by atoms with Gasteiger partial charge in [-0.2, -0.15) is 0 Å². The minimum atomic E-state index is -0.687. The van der Waals surface area contributed by atoms with E-state index in [2.05, 4.69) is 0 Å². The van der Waals surface area contributed by atoms with Crippen molar-refractivity contribution in [3.05, 3.63) is 23.3 Å². The third-order valence-electron chi connectivity index (χ3n) is 3.31. The predicted molar refractivity (Wildman–Crippen MR) is 77.5 cm³/mol. The van der Waals surface area contributed by atoms with Crippen LogP contribution in [0.1, 0.15) is 44.4 Å². The second-order valence-corrected chi connectivity index (χ2v) is 5.15. The highest BCUT2D eigenvalue weighted by atomic mass is 16.5. The van der Waals surface area contributed by atoms with Crippen molar-refractivity contribution < 1.29 is 19.3 Å². The lowest BCUT2D eigenvalue weighted by Crippen LogP contribution is -2.10. The SMILES string of the molecule is CCCOCC(O)c1cc2c(cc1OCC)CC(C)O2. The highest BCUT2D eigenvalue weighted by molar-refractivity contribution is 5.49. The standard InChI is InChI=1S/C16H24O4/c1-4-6-18-10-14(17)13-9-15-12(7-11(3)20-15)8-16(13)19-5-2/h8-9,11,14,17H,4-7,10H2,1-3H3. The molecular formula is C16H24O4. The Hall–Kier alpha value is -1.26. The minimum Gasteiger partial charge on any atom is -0.493 e. The summed E-state index contributed by atoms with van der Waals surface area (Å²) in [6.07, 6.45) is 1.32. The molecule has 0 saturated carbocycles. The van der Waals surface area contributed by atoms with Gasteiger partial charge in [-0.1, -0.05) is 6.92 Å². The Labute approximate surface area is 120 Å². The first-order valence-electron chi connectivity index (χ1n) is 7.37. The van der Waals surface area contributed by atoms with Crippen molar-refractivity contribution in [1.29, 1.82) is 0 Å². The number of benzene rings is 1. The number of aliphatic hydroxyl groups excluding tert-OH is 1. The van der Waals surface area contributed by atoms with Crippen LogP contribution in [0.4, 0.5) is 0 Å². The van der Waals surface area contributed by atoms with Gasteiger partial charge in [-0.15, -0.1) is 0 Å². The Morgan fingerprint density at radius 3 is 2.90 bits per heavy atom. The van der Waals surface area contributed by atoms with Gasteiger partial charge in [0.2, 0.25) is 0 Å². The van der Waals surface area contributed by atoms with Crippen molar-refractivity contribution in [3.63, 3.8) is 0 Å². The zero-order valence-electron chi connectivity index (χ0n) is 12.5. The third-order valence-corrected chi connectivity index (χ3v) is 3.31. The smallest absolute Gasteiger partial charge is 0.125 e. The molecule has 1 aromatic carbocycles. The molecule has 0 aliphatic carbocycles. The topological polar surface area (TPSA) is 47.9 Å². The van der Waals surface area contributed by atoms with E-state index in [1.54, 1.807) is 0 Å². The summed E-state index contributed by atoms with van der Waals surface area (Å²) in [5.41, 5.74) is 1.89. The van der Waals surface area contributed by atoms with E-state index in [0.717, 1.165) is 35.5 Å². The molecule has 2 atom stereocenters. The van der Waals surface area contributed by atoms with E-state index in [1.165, 1.54) is 0 Å². The lowest BCUT2D eigenvalue weighted by molar-refractivity contribution is 0.0348. The van der Waals surface area contributed by atoms with Crippen LogP contribution in [0.5, 0.6) is 11.5 Å². The van der Waals surface area contributed by atoms with Crippen LogP contribution < -0.4 is 9.47 Å². The second kappa shape index (κ2) is 6.95. The van der Waals surface area contributed by atoms with E-state index in [1.807, 2.05) is 32.9 Å². The van der Waals surface area contributed by atoms with Gasteiger partial charge in [0.1, 0.15) is 23.7 Å². The maximum Gasteiger partial charge on any atom is 0.125 e. The van der Waals surface area contributed by atoms with Gasteiger partial charge in [0.05, 0.1) is 13.2 Å². The van der Waals surface area contributed by atoms with E-state index in [4.69, 9.17) is 14.2 Å². The zero-order valence-corrected chi connectivity index (χ0v) is 12.5. The van der Waals surface area contributed by atoms with Gasteiger partial charge in [0.15, 0.2) is 0 Å². The molecule has 112 valence electrons. The van der Waals surface area contributed by atoms with Gasteiger partial charge in [-0.05, 0) is 32.4 Å². The first-order chi connectivity index (χ1) is 9.65. The molecule has 0 amide bonds. The molecule has 2 unspecified atom stereocenters. The summed E-state index contributed by atoms with van der Waals surface area (Å²) in [4.78, 5) is 0. The van der Waals surface area contributed by atoms with E-state index < -0.39 is 6.10 Å². The van der Waals surface area contributed by atoms with Crippen molar-refractivity contribution in [3.8, 4) is 11.5 Å². The summed E-state index contributed by atoms with van der Waals surface area (Å²) in [5, 5.41) is 10.3. The van der Waals surface area contributed by atoms with E-state index in [-0.39, 0.29) is 12.7 Å². The molecule has 0 bridgehead atoms. The molecule has 0 saturated heterocycles. The average molecular weight is 280 g/mol. The quantitative estimate of drug-likeness (QED) is 0.780. The first-order valence-corrected chi connectivity index (χ1v) is 7.37. The van der Waals surface area contributed by atoms with Crippen LogP contribution in [0.2, 0.25) is 0 Å². The van der Waals surface area contributed by atoms with E-state index in [0.29, 0.717) is 13.2 Å².